The van der Waals surface area contributed by atoms with Gasteiger partial charge in [0.1, 0.15) is 5.82 Å². The Morgan fingerprint density at radius 3 is 2.41 bits per heavy atom. The quantitative estimate of drug-likeness (QED) is 0.813. The van der Waals surface area contributed by atoms with Crippen molar-refractivity contribution in [2.75, 3.05) is 13.1 Å². The summed E-state index contributed by atoms with van der Waals surface area (Å²) in [5.74, 6) is -0.420. The number of likely N-dealkylation sites (tertiary alicyclic amines) is 1. The maximum atomic E-state index is 13.0. The van der Waals surface area contributed by atoms with Crippen LogP contribution >= 0.6 is 0 Å². The van der Waals surface area contributed by atoms with Crippen LogP contribution in [-0.2, 0) is 16.4 Å². The van der Waals surface area contributed by atoms with Crippen LogP contribution in [0, 0.1) is 5.82 Å². The fourth-order valence-corrected chi connectivity index (χ4v) is 4.58. The molecule has 0 amide bonds. The van der Waals surface area contributed by atoms with Gasteiger partial charge < -0.3 is 0 Å². The van der Waals surface area contributed by atoms with Gasteiger partial charge in [-0.1, -0.05) is 30.3 Å². The van der Waals surface area contributed by atoms with E-state index < -0.39 is 20.9 Å². The second kappa shape index (κ2) is 6.18. The first kappa shape index (κ1) is 15.2. The average Bonchev–Trinajstić information content (AvgIpc) is 2.98. The third-order valence-corrected chi connectivity index (χ3v) is 6.25. The van der Waals surface area contributed by atoms with Gasteiger partial charge in [0.2, 0.25) is 0 Å². The molecular weight excluding hydrogens is 301 g/mol. The van der Waals surface area contributed by atoms with Gasteiger partial charge in [-0.2, -0.15) is 0 Å². The zero-order valence-electron chi connectivity index (χ0n) is 12.2. The standard InChI is InChI=1S/C17H18FNO2S/c18-15-6-8-16(9-7-15)22(20,21)17-10-11-19(13-17)12-14-4-2-1-3-5-14/h1-9,17H,10-13H2/t17-/m0/s1. The Morgan fingerprint density at radius 2 is 1.73 bits per heavy atom. The minimum atomic E-state index is -3.39. The lowest BCUT2D eigenvalue weighted by atomic mass is 10.2. The maximum absolute atomic E-state index is 13.0. The van der Waals surface area contributed by atoms with Crippen LogP contribution < -0.4 is 0 Å². The molecule has 2 aromatic carbocycles. The van der Waals surface area contributed by atoms with Crippen molar-refractivity contribution in [3.8, 4) is 0 Å². The molecule has 1 atom stereocenters. The number of hydrogen-bond acceptors (Lipinski definition) is 3. The second-order valence-corrected chi connectivity index (χ2v) is 7.86. The van der Waals surface area contributed by atoms with E-state index in [1.165, 1.54) is 29.8 Å². The van der Waals surface area contributed by atoms with E-state index in [9.17, 15) is 12.8 Å². The lowest BCUT2D eigenvalue weighted by Gasteiger charge is -2.16. The van der Waals surface area contributed by atoms with E-state index in [0.29, 0.717) is 13.0 Å². The maximum Gasteiger partial charge on any atom is 0.182 e. The Bertz CT molecular complexity index is 729. The molecule has 0 aliphatic carbocycles. The first-order valence-corrected chi connectivity index (χ1v) is 8.86. The number of halogens is 1. The van der Waals surface area contributed by atoms with Crippen molar-refractivity contribution in [1.82, 2.24) is 4.90 Å². The predicted octanol–water partition coefficient (Wildman–Crippen LogP) is 2.87. The largest absolute Gasteiger partial charge is 0.298 e. The van der Waals surface area contributed by atoms with Gasteiger partial charge in [0.05, 0.1) is 10.1 Å². The summed E-state index contributed by atoms with van der Waals surface area (Å²) in [5, 5.41) is -0.415. The highest BCUT2D eigenvalue weighted by Gasteiger charge is 2.34. The van der Waals surface area contributed by atoms with Gasteiger partial charge in [-0.25, -0.2) is 12.8 Å². The van der Waals surface area contributed by atoms with Crippen molar-refractivity contribution in [3.05, 3.63) is 66.0 Å². The molecule has 1 heterocycles. The smallest absolute Gasteiger partial charge is 0.182 e. The number of benzene rings is 2. The van der Waals surface area contributed by atoms with E-state index in [1.54, 1.807) is 0 Å². The summed E-state index contributed by atoms with van der Waals surface area (Å²) < 4.78 is 38.1. The Labute approximate surface area is 130 Å². The monoisotopic (exact) mass is 319 g/mol. The van der Waals surface area contributed by atoms with E-state index in [2.05, 4.69) is 4.90 Å². The van der Waals surface area contributed by atoms with Crippen LogP contribution in [-0.4, -0.2) is 31.7 Å². The molecule has 1 aliphatic rings. The summed E-state index contributed by atoms with van der Waals surface area (Å²) in [6.45, 7) is 2.05. The molecule has 1 aliphatic heterocycles. The summed E-state index contributed by atoms with van der Waals surface area (Å²) in [6, 6.07) is 15.1. The van der Waals surface area contributed by atoms with Gasteiger partial charge >= 0.3 is 0 Å². The Kier molecular flexibility index (Phi) is 4.27. The normalized spacial score (nSPS) is 19.4. The van der Waals surface area contributed by atoms with Crippen LogP contribution in [0.3, 0.4) is 0 Å². The van der Waals surface area contributed by atoms with Crippen molar-refractivity contribution >= 4 is 9.84 Å². The van der Waals surface area contributed by atoms with E-state index in [0.717, 1.165) is 13.1 Å². The molecule has 1 saturated heterocycles. The zero-order valence-corrected chi connectivity index (χ0v) is 13.0. The Balaban J connectivity index is 1.70. The van der Waals surface area contributed by atoms with Crippen LogP contribution in [0.4, 0.5) is 4.39 Å². The molecule has 0 N–H and O–H groups in total. The molecule has 3 rings (SSSR count). The van der Waals surface area contributed by atoms with Crippen LogP contribution in [0.15, 0.2) is 59.5 Å². The van der Waals surface area contributed by atoms with Crippen molar-refractivity contribution in [2.45, 2.75) is 23.1 Å². The molecule has 0 spiro atoms. The zero-order chi connectivity index (χ0) is 15.6. The first-order valence-electron chi connectivity index (χ1n) is 7.31. The average molecular weight is 319 g/mol. The van der Waals surface area contributed by atoms with Gasteiger partial charge in [0, 0.05) is 13.1 Å². The molecule has 22 heavy (non-hydrogen) atoms. The third kappa shape index (κ3) is 3.20. The summed E-state index contributed by atoms with van der Waals surface area (Å²) in [4.78, 5) is 2.36. The van der Waals surface area contributed by atoms with E-state index in [-0.39, 0.29) is 4.90 Å². The highest BCUT2D eigenvalue weighted by Crippen LogP contribution is 2.25. The first-order chi connectivity index (χ1) is 10.6. The van der Waals surface area contributed by atoms with Crippen molar-refractivity contribution in [3.63, 3.8) is 0 Å². The molecule has 116 valence electrons. The van der Waals surface area contributed by atoms with Gasteiger partial charge in [0.25, 0.3) is 0 Å². The topological polar surface area (TPSA) is 37.4 Å². The summed E-state index contributed by atoms with van der Waals surface area (Å²) in [5.41, 5.74) is 1.18. The molecule has 0 saturated carbocycles. The van der Waals surface area contributed by atoms with Gasteiger partial charge in [-0.15, -0.1) is 0 Å². The predicted molar refractivity (Wildman–Crippen MR) is 83.7 cm³/mol. The molecule has 3 nitrogen and oxygen atoms in total. The fourth-order valence-electron chi connectivity index (χ4n) is 2.85. The van der Waals surface area contributed by atoms with Crippen molar-refractivity contribution in [2.24, 2.45) is 0 Å². The lowest BCUT2D eigenvalue weighted by Crippen LogP contribution is -2.27. The van der Waals surface area contributed by atoms with Crippen LogP contribution in [0.25, 0.3) is 0 Å². The fraction of sp³-hybridized carbons (Fsp3) is 0.294. The van der Waals surface area contributed by atoms with E-state index in [1.807, 2.05) is 30.3 Å². The van der Waals surface area contributed by atoms with Crippen molar-refractivity contribution < 1.29 is 12.8 Å². The number of hydrogen-bond donors (Lipinski definition) is 0. The SMILES string of the molecule is O=S(=O)(c1ccc(F)cc1)[C@H]1CCN(Cc2ccccc2)C1. The molecule has 1 fully saturated rings. The summed E-state index contributed by atoms with van der Waals surface area (Å²) in [7, 11) is -3.39. The summed E-state index contributed by atoms with van der Waals surface area (Å²) in [6.07, 6.45) is 0.618. The number of sulfone groups is 1. The van der Waals surface area contributed by atoms with Gasteiger partial charge in [-0.3, -0.25) is 4.90 Å². The van der Waals surface area contributed by atoms with Gasteiger partial charge in [0.15, 0.2) is 9.84 Å². The highest BCUT2D eigenvalue weighted by atomic mass is 32.2. The number of nitrogens with zero attached hydrogens (tertiary/aromatic N) is 1. The minimum absolute atomic E-state index is 0.209. The third-order valence-electron chi connectivity index (χ3n) is 4.06. The summed E-state index contributed by atoms with van der Waals surface area (Å²) >= 11 is 0. The molecular formula is C17H18FNO2S. The van der Waals surface area contributed by atoms with Gasteiger partial charge in [-0.05, 0) is 42.8 Å². The van der Waals surface area contributed by atoms with E-state index in [4.69, 9.17) is 0 Å². The second-order valence-electron chi connectivity index (χ2n) is 5.63. The highest BCUT2D eigenvalue weighted by molar-refractivity contribution is 7.92. The van der Waals surface area contributed by atoms with Crippen LogP contribution in [0.1, 0.15) is 12.0 Å². The molecule has 2 aromatic rings. The van der Waals surface area contributed by atoms with E-state index >= 15 is 0 Å². The molecule has 0 radical (unpaired) electrons. The molecule has 5 heteroatoms. The van der Waals surface area contributed by atoms with Crippen molar-refractivity contribution in [1.29, 1.82) is 0 Å². The number of rotatable bonds is 4. The van der Waals surface area contributed by atoms with Crippen LogP contribution in [0.2, 0.25) is 0 Å². The molecule has 0 unspecified atom stereocenters. The Hall–Kier alpha value is -1.72. The Morgan fingerprint density at radius 1 is 1.05 bits per heavy atom. The molecule has 0 aromatic heterocycles. The minimum Gasteiger partial charge on any atom is -0.298 e. The van der Waals surface area contributed by atoms with Crippen LogP contribution in [0.5, 0.6) is 0 Å². The molecule has 0 bridgehead atoms. The lowest BCUT2D eigenvalue weighted by molar-refractivity contribution is 0.331.